The molecule has 4 aromatic rings. The second kappa shape index (κ2) is 13.2. The fourth-order valence-electron chi connectivity index (χ4n) is 5.08. The summed E-state index contributed by atoms with van der Waals surface area (Å²) in [6, 6.07) is 22.5. The van der Waals surface area contributed by atoms with E-state index < -0.39 is 0 Å². The Morgan fingerprint density at radius 3 is 2.32 bits per heavy atom. The average Bonchev–Trinajstić information content (AvgIpc) is 3.59. The molecule has 0 unspecified atom stereocenters. The van der Waals surface area contributed by atoms with Crippen molar-refractivity contribution < 1.29 is 9.47 Å². The van der Waals surface area contributed by atoms with Gasteiger partial charge in [-0.3, -0.25) is 0 Å². The average molecular weight is 532 g/mol. The van der Waals surface area contributed by atoms with E-state index >= 15 is 0 Å². The minimum atomic E-state index is 0.622. The van der Waals surface area contributed by atoms with Crippen molar-refractivity contribution in [3.63, 3.8) is 0 Å². The normalized spacial score (nSPS) is 13.8. The Labute approximate surface area is 231 Å². The van der Waals surface area contributed by atoms with Crippen LogP contribution >= 0.6 is 11.6 Å². The Morgan fingerprint density at radius 2 is 1.55 bits per heavy atom. The van der Waals surface area contributed by atoms with E-state index in [1.54, 1.807) is 0 Å². The molecule has 3 aromatic carbocycles. The zero-order chi connectivity index (χ0) is 26.2. The summed E-state index contributed by atoms with van der Waals surface area (Å²) in [5.74, 6) is 2.78. The summed E-state index contributed by atoms with van der Waals surface area (Å²) >= 11 is 5.98. The molecular formula is C32H38ClN3O2. The molecule has 1 aromatic heterocycles. The molecule has 0 amide bonds. The highest BCUT2D eigenvalue weighted by Crippen LogP contribution is 2.29. The third-order valence-electron chi connectivity index (χ3n) is 7.23. The first-order chi connectivity index (χ1) is 18.7. The summed E-state index contributed by atoms with van der Waals surface area (Å²) in [5, 5.41) is 0.756. The van der Waals surface area contributed by atoms with Gasteiger partial charge in [-0.15, -0.1) is 0 Å². The van der Waals surface area contributed by atoms with Gasteiger partial charge in [-0.2, -0.15) is 0 Å². The molecule has 1 fully saturated rings. The predicted octanol–water partition coefficient (Wildman–Crippen LogP) is 7.64. The number of imidazole rings is 1. The van der Waals surface area contributed by atoms with Gasteiger partial charge in [-0.25, -0.2) is 4.98 Å². The first-order valence-electron chi connectivity index (χ1n) is 14.0. The van der Waals surface area contributed by atoms with Gasteiger partial charge in [0.15, 0.2) is 0 Å². The third-order valence-corrected chi connectivity index (χ3v) is 7.48. The number of fused-ring (bicyclic) bond motifs is 1. The molecule has 1 aliphatic heterocycles. The maximum atomic E-state index is 6.15. The highest BCUT2D eigenvalue weighted by molar-refractivity contribution is 6.30. The van der Waals surface area contributed by atoms with Crippen molar-refractivity contribution in [2.75, 3.05) is 32.8 Å². The van der Waals surface area contributed by atoms with E-state index in [1.165, 1.54) is 31.5 Å². The van der Waals surface area contributed by atoms with Crippen LogP contribution in [-0.2, 0) is 13.0 Å². The van der Waals surface area contributed by atoms with Gasteiger partial charge < -0.3 is 18.9 Å². The lowest BCUT2D eigenvalue weighted by Gasteiger charge is -2.14. The molecule has 0 radical (unpaired) electrons. The fraction of sp³-hybridized carbons (Fsp3) is 0.406. The Bertz CT molecular complexity index is 1300. The summed E-state index contributed by atoms with van der Waals surface area (Å²) < 4.78 is 14.5. The van der Waals surface area contributed by atoms with Crippen molar-refractivity contribution in [2.45, 2.75) is 52.0 Å². The maximum Gasteiger partial charge on any atom is 0.141 e. The Hall–Kier alpha value is -3.02. The summed E-state index contributed by atoms with van der Waals surface area (Å²) in [5.41, 5.74) is 4.44. The van der Waals surface area contributed by atoms with Gasteiger partial charge in [0.1, 0.15) is 17.3 Å². The van der Waals surface area contributed by atoms with Crippen LogP contribution in [0.15, 0.2) is 66.7 Å². The molecule has 1 aliphatic rings. The largest absolute Gasteiger partial charge is 0.493 e. The molecule has 5 rings (SSSR count). The van der Waals surface area contributed by atoms with E-state index in [9.17, 15) is 0 Å². The summed E-state index contributed by atoms with van der Waals surface area (Å²) in [7, 11) is 0. The van der Waals surface area contributed by atoms with Gasteiger partial charge in [-0.05, 0) is 92.9 Å². The van der Waals surface area contributed by atoms with Crippen LogP contribution in [0, 0.1) is 0 Å². The predicted molar refractivity (Wildman–Crippen MR) is 157 cm³/mol. The number of nitrogens with zero attached hydrogens (tertiary/aromatic N) is 3. The van der Waals surface area contributed by atoms with Crippen LogP contribution in [-0.4, -0.2) is 47.3 Å². The smallest absolute Gasteiger partial charge is 0.141 e. The standard InChI is InChI=1S/C32H38ClN3O2/c1-2-3-21-36-31-24-29(37-22-6-20-35-18-4-5-19-35)15-16-30(31)34-32(36)26-9-13-28(14-10-26)38-23-17-25-7-11-27(33)12-8-25/h7-16,24H,2-6,17-23H2,1H3. The molecule has 1 saturated heterocycles. The quantitative estimate of drug-likeness (QED) is 0.166. The van der Waals surface area contributed by atoms with Crippen molar-refractivity contribution in [1.82, 2.24) is 14.5 Å². The molecule has 0 saturated carbocycles. The highest BCUT2D eigenvalue weighted by Gasteiger charge is 2.14. The third kappa shape index (κ3) is 6.89. The summed E-state index contributed by atoms with van der Waals surface area (Å²) in [6.07, 6.45) is 6.81. The lowest BCUT2D eigenvalue weighted by atomic mass is 10.1. The molecule has 6 heteroatoms. The number of benzene rings is 3. The van der Waals surface area contributed by atoms with E-state index in [0.29, 0.717) is 6.61 Å². The van der Waals surface area contributed by atoms with Gasteiger partial charge in [0.05, 0.1) is 24.2 Å². The van der Waals surface area contributed by atoms with Crippen LogP contribution in [0.3, 0.4) is 0 Å². The van der Waals surface area contributed by atoms with E-state index in [4.69, 9.17) is 26.1 Å². The minimum Gasteiger partial charge on any atom is -0.493 e. The first-order valence-corrected chi connectivity index (χ1v) is 14.4. The molecule has 0 bridgehead atoms. The molecular weight excluding hydrogens is 494 g/mol. The van der Waals surface area contributed by atoms with Gasteiger partial charge in [-0.1, -0.05) is 37.1 Å². The highest BCUT2D eigenvalue weighted by atomic mass is 35.5. The number of halogens is 1. The van der Waals surface area contributed by atoms with Crippen LogP contribution < -0.4 is 9.47 Å². The van der Waals surface area contributed by atoms with Gasteiger partial charge in [0.2, 0.25) is 0 Å². The van der Waals surface area contributed by atoms with Crippen molar-refractivity contribution in [3.05, 3.63) is 77.3 Å². The number of likely N-dealkylation sites (tertiary alicyclic amines) is 1. The van der Waals surface area contributed by atoms with E-state index in [-0.39, 0.29) is 0 Å². The SMILES string of the molecule is CCCCn1c(-c2ccc(OCCc3ccc(Cl)cc3)cc2)nc2ccc(OCCCN3CCCC3)cc21. The first kappa shape index (κ1) is 26.6. The summed E-state index contributed by atoms with van der Waals surface area (Å²) in [4.78, 5) is 7.55. The van der Waals surface area contributed by atoms with Crippen molar-refractivity contribution in [1.29, 1.82) is 0 Å². The number of rotatable bonds is 13. The van der Waals surface area contributed by atoms with Crippen molar-refractivity contribution >= 4 is 22.6 Å². The van der Waals surface area contributed by atoms with E-state index in [0.717, 1.165) is 84.3 Å². The van der Waals surface area contributed by atoms with Crippen molar-refractivity contribution in [3.8, 4) is 22.9 Å². The second-order valence-electron chi connectivity index (χ2n) is 10.1. The van der Waals surface area contributed by atoms with Gasteiger partial charge >= 0.3 is 0 Å². The maximum absolute atomic E-state index is 6.15. The lowest BCUT2D eigenvalue weighted by molar-refractivity contribution is 0.263. The zero-order valence-corrected chi connectivity index (χ0v) is 23.1. The number of hydrogen-bond acceptors (Lipinski definition) is 4. The molecule has 0 N–H and O–H groups in total. The van der Waals surface area contributed by atoms with Gasteiger partial charge in [0, 0.05) is 36.2 Å². The molecule has 0 spiro atoms. The van der Waals surface area contributed by atoms with E-state index in [1.807, 2.05) is 36.4 Å². The van der Waals surface area contributed by atoms with Crippen LogP contribution in [0.25, 0.3) is 22.4 Å². The Kier molecular flexibility index (Phi) is 9.21. The molecule has 38 heavy (non-hydrogen) atoms. The number of aromatic nitrogens is 2. The molecule has 0 aliphatic carbocycles. The number of ether oxygens (including phenoxy) is 2. The molecule has 5 nitrogen and oxygen atoms in total. The Morgan fingerprint density at radius 1 is 0.816 bits per heavy atom. The molecule has 2 heterocycles. The zero-order valence-electron chi connectivity index (χ0n) is 22.4. The van der Waals surface area contributed by atoms with E-state index in [2.05, 4.69) is 46.7 Å². The monoisotopic (exact) mass is 531 g/mol. The number of unbranched alkanes of at least 4 members (excludes halogenated alkanes) is 1. The molecule has 200 valence electrons. The van der Waals surface area contributed by atoms with Crippen LogP contribution in [0.5, 0.6) is 11.5 Å². The fourth-order valence-corrected chi connectivity index (χ4v) is 5.20. The van der Waals surface area contributed by atoms with Crippen LogP contribution in [0.1, 0.15) is 44.6 Å². The number of hydrogen-bond donors (Lipinski definition) is 0. The number of aryl methyl sites for hydroxylation is 1. The van der Waals surface area contributed by atoms with Crippen molar-refractivity contribution in [2.24, 2.45) is 0 Å². The lowest BCUT2D eigenvalue weighted by Crippen LogP contribution is -2.21. The molecule has 0 atom stereocenters. The Balaban J connectivity index is 1.25. The topological polar surface area (TPSA) is 39.5 Å². The minimum absolute atomic E-state index is 0.622. The summed E-state index contributed by atoms with van der Waals surface area (Å²) in [6.45, 7) is 8.13. The van der Waals surface area contributed by atoms with Gasteiger partial charge in [0.25, 0.3) is 0 Å². The van der Waals surface area contributed by atoms with Crippen LogP contribution in [0.2, 0.25) is 5.02 Å². The second-order valence-corrected chi connectivity index (χ2v) is 10.5. The van der Waals surface area contributed by atoms with Crippen LogP contribution in [0.4, 0.5) is 0 Å².